The fourth-order valence-electron chi connectivity index (χ4n) is 1.20. The highest BCUT2D eigenvalue weighted by Crippen LogP contribution is 2.17. The molecule has 0 amide bonds. The van der Waals surface area contributed by atoms with Crippen molar-refractivity contribution in [2.45, 2.75) is 0 Å². The Kier molecular flexibility index (Phi) is 2.96. The largest absolute Gasteiger partial charge is 0.432 e. The number of aromatic nitrogens is 2. The van der Waals surface area contributed by atoms with Gasteiger partial charge in [0.1, 0.15) is 5.75 Å². The Bertz CT molecular complexity index is 527. The summed E-state index contributed by atoms with van der Waals surface area (Å²) in [6.45, 7) is 0. The van der Waals surface area contributed by atoms with Crippen molar-refractivity contribution < 1.29 is 4.74 Å². The molecule has 2 rings (SSSR count). The van der Waals surface area contributed by atoms with Crippen molar-refractivity contribution >= 4 is 28.4 Å². The van der Waals surface area contributed by atoms with Crippen molar-refractivity contribution in [2.24, 2.45) is 0 Å². The van der Waals surface area contributed by atoms with E-state index in [-0.39, 0.29) is 0 Å². The highest BCUT2D eigenvalue weighted by molar-refractivity contribution is 7.80. The topological polar surface area (TPSA) is 38.2 Å². The van der Waals surface area contributed by atoms with E-state index in [4.69, 9.17) is 17.0 Å². The van der Waals surface area contributed by atoms with Crippen LogP contribution < -0.4 is 4.74 Å². The maximum atomic E-state index is 5.47. The molecule has 0 atom stereocenters. The Balaban J connectivity index is 2.29. The van der Waals surface area contributed by atoms with Crippen LogP contribution in [0, 0.1) is 0 Å². The molecule has 0 saturated carbocycles. The lowest BCUT2D eigenvalue weighted by molar-refractivity contribution is 0.450. The van der Waals surface area contributed by atoms with Gasteiger partial charge in [0.15, 0.2) is 0 Å². The van der Waals surface area contributed by atoms with Gasteiger partial charge in [0.25, 0.3) is 5.17 Å². The summed E-state index contributed by atoms with van der Waals surface area (Å²) in [6.07, 6.45) is 3.31. The Morgan fingerprint density at radius 1 is 1.19 bits per heavy atom. The maximum absolute atomic E-state index is 5.47. The van der Waals surface area contributed by atoms with E-state index in [0.717, 1.165) is 11.0 Å². The van der Waals surface area contributed by atoms with Crippen LogP contribution in [0.5, 0.6) is 5.75 Å². The van der Waals surface area contributed by atoms with Crippen molar-refractivity contribution in [1.82, 2.24) is 14.9 Å². The highest BCUT2D eigenvalue weighted by atomic mass is 32.1. The van der Waals surface area contributed by atoms with Crippen LogP contribution in [0.25, 0.3) is 11.0 Å². The van der Waals surface area contributed by atoms with Crippen LogP contribution in [-0.2, 0) is 0 Å². The summed E-state index contributed by atoms with van der Waals surface area (Å²) in [5, 5.41) is 0.420. The molecule has 1 heterocycles. The van der Waals surface area contributed by atoms with Gasteiger partial charge in [-0.05, 0) is 24.4 Å². The van der Waals surface area contributed by atoms with Crippen LogP contribution in [0.15, 0.2) is 30.6 Å². The second-order valence-electron chi connectivity index (χ2n) is 3.47. The molecule has 82 valence electrons. The molecule has 0 spiro atoms. The molecule has 1 aromatic heterocycles. The second-order valence-corrected chi connectivity index (χ2v) is 3.82. The van der Waals surface area contributed by atoms with E-state index in [1.807, 2.05) is 32.3 Å². The van der Waals surface area contributed by atoms with Crippen LogP contribution in [0.2, 0.25) is 0 Å². The molecule has 5 heteroatoms. The Morgan fingerprint density at radius 2 is 1.88 bits per heavy atom. The average Bonchev–Trinajstić information content (AvgIpc) is 2.28. The molecular weight excluding hydrogens is 222 g/mol. The van der Waals surface area contributed by atoms with E-state index in [0.29, 0.717) is 10.9 Å². The third-order valence-electron chi connectivity index (χ3n) is 2.01. The molecule has 0 aliphatic heterocycles. The van der Waals surface area contributed by atoms with Crippen LogP contribution >= 0.6 is 12.2 Å². The molecule has 0 bridgehead atoms. The van der Waals surface area contributed by atoms with Crippen molar-refractivity contribution in [1.29, 1.82) is 0 Å². The molecule has 0 aliphatic rings. The molecule has 16 heavy (non-hydrogen) atoms. The van der Waals surface area contributed by atoms with Crippen LogP contribution in [0.4, 0.5) is 0 Å². The first-order valence-corrected chi connectivity index (χ1v) is 5.17. The van der Waals surface area contributed by atoms with E-state index in [9.17, 15) is 0 Å². The first kappa shape index (κ1) is 10.8. The zero-order chi connectivity index (χ0) is 11.5. The first-order valence-electron chi connectivity index (χ1n) is 4.77. The predicted octanol–water partition coefficient (Wildman–Crippen LogP) is 1.86. The summed E-state index contributed by atoms with van der Waals surface area (Å²) in [4.78, 5) is 10.1. The van der Waals surface area contributed by atoms with Gasteiger partial charge in [-0.15, -0.1) is 0 Å². The predicted molar refractivity (Wildman–Crippen MR) is 66.5 cm³/mol. The van der Waals surface area contributed by atoms with Crippen molar-refractivity contribution in [3.63, 3.8) is 0 Å². The molecule has 0 radical (unpaired) electrons. The van der Waals surface area contributed by atoms with Gasteiger partial charge in [-0.2, -0.15) is 0 Å². The van der Waals surface area contributed by atoms with E-state index in [1.54, 1.807) is 17.3 Å². The fraction of sp³-hybridized carbons (Fsp3) is 0.182. The smallest absolute Gasteiger partial charge is 0.264 e. The third kappa shape index (κ3) is 2.25. The number of hydrogen-bond donors (Lipinski definition) is 0. The summed E-state index contributed by atoms with van der Waals surface area (Å²) in [5.41, 5.74) is 1.63. The number of rotatable bonds is 1. The van der Waals surface area contributed by atoms with Gasteiger partial charge < -0.3 is 9.64 Å². The van der Waals surface area contributed by atoms with Crippen LogP contribution in [-0.4, -0.2) is 34.1 Å². The quantitative estimate of drug-likeness (QED) is 0.703. The van der Waals surface area contributed by atoms with Gasteiger partial charge in [0.05, 0.1) is 11.0 Å². The second kappa shape index (κ2) is 4.40. The standard InChI is InChI=1S/C11H11N3OS/c1-14(2)11(16)15-8-3-4-9-10(7-8)13-6-5-12-9/h3-7H,1-2H3. The number of benzene rings is 1. The Morgan fingerprint density at radius 3 is 2.56 bits per heavy atom. The number of fused-ring (bicyclic) bond motifs is 1. The summed E-state index contributed by atoms with van der Waals surface area (Å²) < 4.78 is 5.47. The summed E-state index contributed by atoms with van der Waals surface area (Å²) in [5.74, 6) is 0.673. The van der Waals surface area contributed by atoms with Gasteiger partial charge >= 0.3 is 0 Å². The lowest BCUT2D eigenvalue weighted by Crippen LogP contribution is -2.24. The Hall–Kier alpha value is -1.75. The van der Waals surface area contributed by atoms with Gasteiger partial charge in [-0.1, -0.05) is 0 Å². The van der Waals surface area contributed by atoms with Crippen LogP contribution in [0.1, 0.15) is 0 Å². The number of hydrogen-bond acceptors (Lipinski definition) is 4. The lowest BCUT2D eigenvalue weighted by atomic mass is 10.3. The molecule has 0 aliphatic carbocycles. The van der Waals surface area contributed by atoms with E-state index >= 15 is 0 Å². The molecule has 4 nitrogen and oxygen atoms in total. The van der Waals surface area contributed by atoms with Crippen LogP contribution in [0.3, 0.4) is 0 Å². The molecule has 1 aromatic carbocycles. The minimum atomic E-state index is 0.420. The normalized spacial score (nSPS) is 10.1. The molecule has 0 fully saturated rings. The Labute approximate surface area is 98.9 Å². The molecular formula is C11H11N3OS. The SMILES string of the molecule is CN(C)C(=S)Oc1ccc2nccnc2c1. The lowest BCUT2D eigenvalue weighted by Gasteiger charge is -2.13. The summed E-state index contributed by atoms with van der Waals surface area (Å²) in [7, 11) is 3.67. The number of ether oxygens (including phenoxy) is 1. The van der Waals surface area contributed by atoms with Gasteiger partial charge in [-0.3, -0.25) is 9.97 Å². The van der Waals surface area contributed by atoms with Gasteiger partial charge in [0, 0.05) is 32.6 Å². The van der Waals surface area contributed by atoms with Crippen molar-refractivity contribution in [3.8, 4) is 5.75 Å². The zero-order valence-electron chi connectivity index (χ0n) is 9.04. The molecule has 0 N–H and O–H groups in total. The first-order chi connectivity index (χ1) is 7.66. The fourth-order valence-corrected chi connectivity index (χ4v) is 1.29. The minimum Gasteiger partial charge on any atom is -0.432 e. The van der Waals surface area contributed by atoms with E-state index in [2.05, 4.69) is 9.97 Å². The van der Waals surface area contributed by atoms with Crippen molar-refractivity contribution in [2.75, 3.05) is 14.1 Å². The summed E-state index contributed by atoms with van der Waals surface area (Å²) in [6, 6.07) is 5.50. The minimum absolute atomic E-state index is 0.420. The molecule has 2 aromatic rings. The molecule has 0 unspecified atom stereocenters. The van der Waals surface area contributed by atoms with E-state index in [1.165, 1.54) is 0 Å². The summed E-state index contributed by atoms with van der Waals surface area (Å²) >= 11 is 5.05. The van der Waals surface area contributed by atoms with Gasteiger partial charge in [-0.25, -0.2) is 0 Å². The molecule has 0 saturated heterocycles. The number of nitrogens with zero attached hydrogens (tertiary/aromatic N) is 3. The van der Waals surface area contributed by atoms with Crippen molar-refractivity contribution in [3.05, 3.63) is 30.6 Å². The third-order valence-corrected chi connectivity index (χ3v) is 2.46. The zero-order valence-corrected chi connectivity index (χ0v) is 9.86. The van der Waals surface area contributed by atoms with E-state index < -0.39 is 0 Å². The average molecular weight is 233 g/mol. The number of thiocarbonyl (C=S) groups is 1. The van der Waals surface area contributed by atoms with Gasteiger partial charge in [0.2, 0.25) is 0 Å². The maximum Gasteiger partial charge on any atom is 0.264 e. The monoisotopic (exact) mass is 233 g/mol. The highest BCUT2D eigenvalue weighted by Gasteiger charge is 2.03.